The van der Waals surface area contributed by atoms with Gasteiger partial charge in [-0.1, -0.05) is 13.3 Å². The monoisotopic (exact) mass is 321 g/mol. The fourth-order valence-electron chi connectivity index (χ4n) is 2.60. The standard InChI is InChI=1S/C16H17F2N3S/c1-10-4-2-3-5-14(10)20-21-16-19-15(9-22-16)12-7-6-11(17)8-13(12)18/h6-10H,2-5H2,1H3,(H,19,21)/b20-14-/t10-/m0/s1. The number of nitrogens with zero attached hydrogens (tertiary/aromatic N) is 2. The fraction of sp³-hybridized carbons (Fsp3) is 0.375. The third-order valence-corrected chi connectivity index (χ3v) is 4.64. The maximum atomic E-state index is 13.7. The van der Waals surface area contributed by atoms with Crippen molar-refractivity contribution in [1.82, 2.24) is 4.98 Å². The number of rotatable bonds is 3. The predicted molar refractivity (Wildman–Crippen MR) is 86.2 cm³/mol. The maximum absolute atomic E-state index is 13.7. The molecule has 0 unspecified atom stereocenters. The van der Waals surface area contributed by atoms with E-state index in [1.54, 1.807) is 5.38 Å². The van der Waals surface area contributed by atoms with Crippen LogP contribution in [0, 0.1) is 17.6 Å². The van der Waals surface area contributed by atoms with E-state index in [0.717, 1.165) is 18.2 Å². The molecular weight excluding hydrogens is 304 g/mol. The van der Waals surface area contributed by atoms with Crippen LogP contribution < -0.4 is 5.43 Å². The number of hydrogen-bond acceptors (Lipinski definition) is 4. The Labute approximate surface area is 132 Å². The molecule has 3 rings (SSSR count). The number of hydrazone groups is 1. The lowest BCUT2D eigenvalue weighted by atomic mass is 9.89. The Balaban J connectivity index is 1.75. The molecule has 1 aromatic carbocycles. The highest BCUT2D eigenvalue weighted by molar-refractivity contribution is 7.14. The Morgan fingerprint density at radius 1 is 1.32 bits per heavy atom. The van der Waals surface area contributed by atoms with Crippen LogP contribution >= 0.6 is 11.3 Å². The van der Waals surface area contributed by atoms with Gasteiger partial charge in [0.25, 0.3) is 0 Å². The summed E-state index contributed by atoms with van der Waals surface area (Å²) in [4.78, 5) is 4.32. The lowest BCUT2D eigenvalue weighted by molar-refractivity contribution is 0.558. The maximum Gasteiger partial charge on any atom is 0.203 e. The van der Waals surface area contributed by atoms with Gasteiger partial charge in [-0.15, -0.1) is 11.3 Å². The zero-order valence-corrected chi connectivity index (χ0v) is 13.1. The molecule has 0 spiro atoms. The number of anilines is 1. The molecule has 1 aliphatic carbocycles. The normalized spacial score (nSPS) is 20.3. The molecule has 0 aliphatic heterocycles. The van der Waals surface area contributed by atoms with Gasteiger partial charge in [0.05, 0.1) is 5.69 Å². The van der Waals surface area contributed by atoms with E-state index in [4.69, 9.17) is 0 Å². The van der Waals surface area contributed by atoms with Crippen molar-refractivity contribution in [2.45, 2.75) is 32.6 Å². The number of benzene rings is 1. The highest BCUT2D eigenvalue weighted by atomic mass is 32.1. The van der Waals surface area contributed by atoms with E-state index in [2.05, 4.69) is 22.4 Å². The van der Waals surface area contributed by atoms with Crippen LogP contribution in [-0.4, -0.2) is 10.7 Å². The van der Waals surface area contributed by atoms with Crippen LogP contribution in [0.2, 0.25) is 0 Å². The van der Waals surface area contributed by atoms with Crippen molar-refractivity contribution in [3.8, 4) is 11.3 Å². The summed E-state index contributed by atoms with van der Waals surface area (Å²) in [6, 6.07) is 3.50. The summed E-state index contributed by atoms with van der Waals surface area (Å²) < 4.78 is 26.7. The summed E-state index contributed by atoms with van der Waals surface area (Å²) in [7, 11) is 0. The molecule has 1 heterocycles. The third kappa shape index (κ3) is 3.32. The van der Waals surface area contributed by atoms with Gasteiger partial charge in [-0.05, 0) is 37.3 Å². The molecular formula is C16H17F2N3S. The van der Waals surface area contributed by atoms with Crippen molar-refractivity contribution in [3.63, 3.8) is 0 Å². The van der Waals surface area contributed by atoms with E-state index >= 15 is 0 Å². The average Bonchev–Trinajstić information content (AvgIpc) is 2.95. The van der Waals surface area contributed by atoms with Crippen LogP contribution in [0.3, 0.4) is 0 Å². The van der Waals surface area contributed by atoms with Gasteiger partial charge in [0.2, 0.25) is 5.13 Å². The lowest BCUT2D eigenvalue weighted by Gasteiger charge is -2.19. The number of halogens is 2. The second-order valence-corrected chi connectivity index (χ2v) is 6.38. The molecule has 1 N–H and O–H groups in total. The number of thiazole rings is 1. The Kier molecular flexibility index (Phi) is 4.47. The van der Waals surface area contributed by atoms with Crippen LogP contribution in [0.4, 0.5) is 13.9 Å². The second kappa shape index (κ2) is 6.52. The van der Waals surface area contributed by atoms with Crippen LogP contribution in [0.25, 0.3) is 11.3 Å². The van der Waals surface area contributed by atoms with Crippen LogP contribution in [0.15, 0.2) is 28.7 Å². The Bertz CT molecular complexity index is 696. The van der Waals surface area contributed by atoms with Gasteiger partial charge >= 0.3 is 0 Å². The minimum Gasteiger partial charge on any atom is -0.253 e. The van der Waals surface area contributed by atoms with Gasteiger partial charge in [-0.25, -0.2) is 13.8 Å². The molecule has 1 aliphatic rings. The molecule has 1 fully saturated rings. The first-order valence-corrected chi connectivity index (χ1v) is 8.25. The van der Waals surface area contributed by atoms with Crippen molar-refractivity contribution in [2.24, 2.45) is 11.0 Å². The van der Waals surface area contributed by atoms with Gasteiger partial charge in [-0.2, -0.15) is 5.10 Å². The summed E-state index contributed by atoms with van der Waals surface area (Å²) >= 11 is 1.36. The summed E-state index contributed by atoms with van der Waals surface area (Å²) in [5.41, 5.74) is 4.91. The SMILES string of the molecule is C[C@H]1CCCC/C1=N/Nc1nc(-c2ccc(F)cc2F)cs1. The van der Waals surface area contributed by atoms with Gasteiger partial charge < -0.3 is 0 Å². The molecule has 0 bridgehead atoms. The molecule has 1 atom stereocenters. The first-order chi connectivity index (χ1) is 10.6. The first-order valence-electron chi connectivity index (χ1n) is 7.37. The quantitative estimate of drug-likeness (QED) is 0.802. The molecule has 0 saturated heterocycles. The third-order valence-electron chi connectivity index (χ3n) is 3.90. The summed E-state index contributed by atoms with van der Waals surface area (Å²) in [6.07, 6.45) is 4.61. The first kappa shape index (κ1) is 15.1. The molecule has 2 aromatic rings. The van der Waals surface area contributed by atoms with E-state index in [0.29, 0.717) is 22.3 Å². The number of aromatic nitrogens is 1. The van der Waals surface area contributed by atoms with Gasteiger partial charge in [0.1, 0.15) is 11.6 Å². The molecule has 1 saturated carbocycles. The Morgan fingerprint density at radius 2 is 2.18 bits per heavy atom. The highest BCUT2D eigenvalue weighted by Crippen LogP contribution is 2.28. The van der Waals surface area contributed by atoms with Crippen molar-refractivity contribution < 1.29 is 8.78 Å². The fourth-order valence-corrected chi connectivity index (χ4v) is 3.25. The minimum atomic E-state index is -0.607. The second-order valence-electron chi connectivity index (χ2n) is 5.52. The lowest BCUT2D eigenvalue weighted by Crippen LogP contribution is -2.17. The van der Waals surface area contributed by atoms with Crippen molar-refractivity contribution in [2.75, 3.05) is 5.43 Å². The Hall–Kier alpha value is -1.82. The van der Waals surface area contributed by atoms with Gasteiger partial charge in [0, 0.05) is 22.7 Å². The molecule has 0 amide bonds. The van der Waals surface area contributed by atoms with Crippen molar-refractivity contribution >= 4 is 22.2 Å². The van der Waals surface area contributed by atoms with Crippen molar-refractivity contribution in [1.29, 1.82) is 0 Å². The molecule has 1 aromatic heterocycles. The van der Waals surface area contributed by atoms with Gasteiger partial charge in [-0.3, -0.25) is 5.43 Å². The highest BCUT2D eigenvalue weighted by Gasteiger charge is 2.16. The largest absolute Gasteiger partial charge is 0.253 e. The Morgan fingerprint density at radius 3 is 2.95 bits per heavy atom. The van der Waals surface area contributed by atoms with E-state index in [-0.39, 0.29) is 0 Å². The van der Waals surface area contributed by atoms with E-state index in [1.165, 1.54) is 42.7 Å². The molecule has 22 heavy (non-hydrogen) atoms. The smallest absolute Gasteiger partial charge is 0.203 e. The molecule has 3 nitrogen and oxygen atoms in total. The van der Waals surface area contributed by atoms with E-state index < -0.39 is 11.6 Å². The average molecular weight is 321 g/mol. The number of hydrogen-bond donors (Lipinski definition) is 1. The minimum absolute atomic E-state index is 0.296. The molecule has 6 heteroatoms. The topological polar surface area (TPSA) is 37.3 Å². The van der Waals surface area contributed by atoms with E-state index in [1.807, 2.05) is 0 Å². The molecule has 116 valence electrons. The van der Waals surface area contributed by atoms with Crippen molar-refractivity contribution in [3.05, 3.63) is 35.2 Å². The van der Waals surface area contributed by atoms with Crippen LogP contribution in [-0.2, 0) is 0 Å². The van der Waals surface area contributed by atoms with Crippen LogP contribution in [0.1, 0.15) is 32.6 Å². The van der Waals surface area contributed by atoms with E-state index in [9.17, 15) is 8.78 Å². The van der Waals surface area contributed by atoms with Gasteiger partial charge in [0.15, 0.2) is 0 Å². The summed E-state index contributed by atoms with van der Waals surface area (Å²) in [5, 5.41) is 6.79. The summed E-state index contributed by atoms with van der Waals surface area (Å²) in [6.45, 7) is 2.18. The van der Waals surface area contributed by atoms with Crippen LogP contribution in [0.5, 0.6) is 0 Å². The molecule has 0 radical (unpaired) electrons. The number of nitrogens with one attached hydrogen (secondary N) is 1. The zero-order chi connectivity index (χ0) is 15.5. The summed E-state index contributed by atoms with van der Waals surface area (Å²) in [5.74, 6) is -0.702. The predicted octanol–water partition coefficient (Wildman–Crippen LogP) is 5.07. The zero-order valence-electron chi connectivity index (χ0n) is 12.3.